The number of hydrogen-bond acceptors (Lipinski definition) is 3. The molecule has 3 nitrogen and oxygen atoms in total. The van der Waals surface area contributed by atoms with E-state index < -0.39 is 0 Å². The molecule has 0 atom stereocenters. The van der Waals surface area contributed by atoms with Gasteiger partial charge in [0.1, 0.15) is 0 Å². The van der Waals surface area contributed by atoms with Crippen LogP contribution in [0.5, 0.6) is 0 Å². The summed E-state index contributed by atoms with van der Waals surface area (Å²) >= 11 is 0. The quantitative estimate of drug-likeness (QED) is 0.229. The first-order valence-corrected chi connectivity index (χ1v) is 16.5. The molecule has 212 valence electrons. The highest BCUT2D eigenvalue weighted by Crippen LogP contribution is 2.46. The number of nitrogens with zero attached hydrogens (tertiary/aromatic N) is 3. The Labute approximate surface area is 239 Å². The lowest BCUT2D eigenvalue weighted by molar-refractivity contribution is 0.223. The molecule has 0 aliphatic heterocycles. The van der Waals surface area contributed by atoms with Crippen molar-refractivity contribution in [3.8, 4) is 17.5 Å². The Balaban J connectivity index is 1.23. The number of hydrogen-bond donors (Lipinski definition) is 0. The second-order valence-electron chi connectivity index (χ2n) is 12.9. The summed E-state index contributed by atoms with van der Waals surface area (Å²) in [5, 5.41) is 10.0. The molecule has 2 aromatic rings. The molecule has 0 unspecified atom stereocenters. The Bertz CT molecular complexity index is 987. The maximum Gasteiger partial charge on any atom is 0.159 e. The average molecular weight is 528 g/mol. The summed E-state index contributed by atoms with van der Waals surface area (Å²) in [7, 11) is 0. The van der Waals surface area contributed by atoms with E-state index in [0.717, 1.165) is 49.4 Å². The van der Waals surface area contributed by atoms with Crippen molar-refractivity contribution < 1.29 is 0 Å². The van der Waals surface area contributed by atoms with Gasteiger partial charge in [-0.1, -0.05) is 102 Å². The van der Waals surface area contributed by atoms with Crippen LogP contribution in [0, 0.1) is 22.7 Å². The lowest BCUT2D eigenvalue weighted by Crippen LogP contribution is -2.25. The molecule has 2 aliphatic rings. The maximum atomic E-state index is 10.0. The predicted octanol–water partition coefficient (Wildman–Crippen LogP) is 10.9. The molecule has 2 aliphatic carbocycles. The van der Waals surface area contributed by atoms with Crippen molar-refractivity contribution in [1.82, 2.24) is 9.97 Å². The van der Waals surface area contributed by atoms with Crippen molar-refractivity contribution in [3.63, 3.8) is 0 Å². The predicted molar refractivity (Wildman–Crippen MR) is 164 cm³/mol. The largest absolute Gasteiger partial charge is 0.236 e. The van der Waals surface area contributed by atoms with Crippen LogP contribution in [0.4, 0.5) is 0 Å². The summed E-state index contributed by atoms with van der Waals surface area (Å²) in [6.45, 7) is 4.57. The number of rotatable bonds is 14. The fraction of sp³-hybridized carbons (Fsp3) is 0.694. The van der Waals surface area contributed by atoms with Gasteiger partial charge >= 0.3 is 0 Å². The summed E-state index contributed by atoms with van der Waals surface area (Å²) in [6, 6.07) is 11.7. The summed E-state index contributed by atoms with van der Waals surface area (Å²) < 4.78 is 0. The third-order valence-corrected chi connectivity index (χ3v) is 10.0. The highest BCUT2D eigenvalue weighted by atomic mass is 14.9. The average Bonchev–Trinajstić information content (AvgIpc) is 3.00. The van der Waals surface area contributed by atoms with Gasteiger partial charge in [0.25, 0.3) is 0 Å². The summed E-state index contributed by atoms with van der Waals surface area (Å²) in [5.74, 6) is 2.98. The number of aromatic nitrogens is 2. The first kappa shape index (κ1) is 29.8. The molecule has 0 spiro atoms. The molecule has 2 fully saturated rings. The zero-order valence-electron chi connectivity index (χ0n) is 25.0. The van der Waals surface area contributed by atoms with Crippen molar-refractivity contribution in [3.05, 3.63) is 47.8 Å². The zero-order valence-corrected chi connectivity index (χ0v) is 25.0. The van der Waals surface area contributed by atoms with Gasteiger partial charge in [-0.25, -0.2) is 9.97 Å². The maximum absolute atomic E-state index is 10.0. The van der Waals surface area contributed by atoms with Crippen LogP contribution in [-0.2, 0) is 0 Å². The van der Waals surface area contributed by atoms with Crippen LogP contribution < -0.4 is 0 Å². The van der Waals surface area contributed by atoms with Gasteiger partial charge in [-0.15, -0.1) is 0 Å². The van der Waals surface area contributed by atoms with Crippen molar-refractivity contribution in [2.24, 2.45) is 11.3 Å². The topological polar surface area (TPSA) is 49.6 Å². The molecule has 3 heteroatoms. The van der Waals surface area contributed by atoms with Crippen LogP contribution in [0.25, 0.3) is 11.4 Å². The monoisotopic (exact) mass is 527 g/mol. The van der Waals surface area contributed by atoms with Gasteiger partial charge in [0.2, 0.25) is 0 Å². The van der Waals surface area contributed by atoms with Crippen molar-refractivity contribution in [2.75, 3.05) is 0 Å². The number of nitriles is 1. The first-order chi connectivity index (χ1) is 19.2. The van der Waals surface area contributed by atoms with Gasteiger partial charge in [-0.2, -0.15) is 5.26 Å². The van der Waals surface area contributed by atoms with Crippen molar-refractivity contribution in [1.29, 1.82) is 5.26 Å². The summed E-state index contributed by atoms with van der Waals surface area (Å²) in [6.07, 6.45) is 28.3. The molecule has 1 heterocycles. The van der Waals surface area contributed by atoms with Crippen molar-refractivity contribution in [2.45, 2.75) is 148 Å². The Morgan fingerprint density at radius 1 is 0.718 bits per heavy atom. The van der Waals surface area contributed by atoms with Crippen LogP contribution in [0.15, 0.2) is 36.7 Å². The molecule has 0 amide bonds. The molecule has 0 radical (unpaired) electrons. The lowest BCUT2D eigenvalue weighted by atomic mass is 9.67. The third kappa shape index (κ3) is 8.64. The van der Waals surface area contributed by atoms with Crippen LogP contribution in [-0.4, -0.2) is 9.97 Å². The van der Waals surface area contributed by atoms with E-state index in [0.29, 0.717) is 11.8 Å². The standard InChI is InChI=1S/C36H53N3/c1-3-5-7-8-9-10-11-23-36(28-37)24-21-32(22-25-36)30-17-19-33(20-18-30)35-38-26-34(27-39-35)31-15-13-29(14-16-31)12-6-4-2/h17-20,26-27,29,31-32H,3-16,21-25H2,1-2H3. The zero-order chi connectivity index (χ0) is 27.3. The molecule has 1 aromatic carbocycles. The molecule has 39 heavy (non-hydrogen) atoms. The van der Waals surface area contributed by atoms with E-state index in [9.17, 15) is 5.26 Å². The molecule has 4 rings (SSSR count). The van der Waals surface area contributed by atoms with Crippen LogP contribution in [0.1, 0.15) is 159 Å². The minimum Gasteiger partial charge on any atom is -0.236 e. The van der Waals surface area contributed by atoms with Crippen LogP contribution in [0.3, 0.4) is 0 Å². The highest BCUT2D eigenvalue weighted by molar-refractivity contribution is 5.55. The van der Waals surface area contributed by atoms with E-state index in [2.05, 4.69) is 56.6 Å². The fourth-order valence-corrected chi connectivity index (χ4v) is 7.22. The Hall–Kier alpha value is -2.21. The van der Waals surface area contributed by atoms with Crippen LogP contribution >= 0.6 is 0 Å². The molecule has 2 saturated carbocycles. The van der Waals surface area contributed by atoms with Gasteiger partial charge in [-0.3, -0.25) is 0 Å². The van der Waals surface area contributed by atoms with E-state index in [1.165, 1.54) is 101 Å². The van der Waals surface area contributed by atoms with E-state index in [1.54, 1.807) is 0 Å². The lowest BCUT2D eigenvalue weighted by Gasteiger charge is -2.35. The van der Waals surface area contributed by atoms with E-state index in [4.69, 9.17) is 9.97 Å². The normalized spacial score (nSPS) is 25.3. The summed E-state index contributed by atoms with van der Waals surface area (Å²) in [5.41, 5.74) is 3.76. The molecular formula is C36H53N3. The van der Waals surface area contributed by atoms with E-state index in [1.807, 2.05) is 0 Å². The molecule has 1 aromatic heterocycles. The molecule has 0 N–H and O–H groups in total. The van der Waals surface area contributed by atoms with Gasteiger partial charge in [0, 0.05) is 18.0 Å². The van der Waals surface area contributed by atoms with Crippen molar-refractivity contribution >= 4 is 0 Å². The first-order valence-electron chi connectivity index (χ1n) is 16.5. The van der Waals surface area contributed by atoms with Gasteiger partial charge in [0.05, 0.1) is 11.5 Å². The van der Waals surface area contributed by atoms with Gasteiger partial charge in [0.15, 0.2) is 5.82 Å². The van der Waals surface area contributed by atoms with E-state index in [-0.39, 0.29) is 5.41 Å². The highest BCUT2D eigenvalue weighted by Gasteiger charge is 2.35. The summed E-state index contributed by atoms with van der Waals surface area (Å²) in [4.78, 5) is 9.55. The van der Waals surface area contributed by atoms with Gasteiger partial charge < -0.3 is 0 Å². The molecular weight excluding hydrogens is 474 g/mol. The third-order valence-electron chi connectivity index (χ3n) is 10.0. The second-order valence-corrected chi connectivity index (χ2v) is 12.9. The molecule has 0 saturated heterocycles. The fourth-order valence-electron chi connectivity index (χ4n) is 7.22. The minimum absolute atomic E-state index is 0.0792. The number of benzene rings is 1. The Morgan fingerprint density at radius 3 is 1.92 bits per heavy atom. The second kappa shape index (κ2) is 15.5. The molecule has 0 bridgehead atoms. The van der Waals surface area contributed by atoms with Gasteiger partial charge in [-0.05, 0) is 86.7 Å². The van der Waals surface area contributed by atoms with Crippen LogP contribution in [0.2, 0.25) is 0 Å². The Morgan fingerprint density at radius 2 is 1.31 bits per heavy atom. The minimum atomic E-state index is -0.0792. The SMILES string of the molecule is CCCCCCCCCC1(C#N)CCC(c2ccc(-c3ncc(C4CCC(CCCC)CC4)cn3)cc2)CC1. The van der Waals surface area contributed by atoms with E-state index >= 15 is 0 Å². The smallest absolute Gasteiger partial charge is 0.159 e. The number of unbranched alkanes of at least 4 members (excludes halogenated alkanes) is 7. The Kier molecular flexibility index (Phi) is 11.9.